The van der Waals surface area contributed by atoms with Crippen molar-refractivity contribution < 1.29 is 9.47 Å². The summed E-state index contributed by atoms with van der Waals surface area (Å²) in [5, 5.41) is 0. The Morgan fingerprint density at radius 3 is 2.26 bits per heavy atom. The van der Waals surface area contributed by atoms with Crippen molar-refractivity contribution in [2.75, 3.05) is 7.11 Å². The van der Waals surface area contributed by atoms with E-state index in [2.05, 4.69) is 22.6 Å². The topological polar surface area (TPSA) is 44.5 Å². The second-order valence-corrected chi connectivity index (χ2v) is 5.36. The first-order chi connectivity index (χ1) is 9.13. The molecule has 100 valence electrons. The van der Waals surface area contributed by atoms with Gasteiger partial charge in [-0.2, -0.15) is 0 Å². The van der Waals surface area contributed by atoms with Gasteiger partial charge in [0.2, 0.25) is 0 Å². The molecule has 2 rings (SSSR count). The number of halogens is 1. The Morgan fingerprint density at radius 1 is 1.00 bits per heavy atom. The molecule has 1 atom stereocenters. The highest BCUT2D eigenvalue weighted by atomic mass is 127. The van der Waals surface area contributed by atoms with Crippen molar-refractivity contribution in [3.63, 3.8) is 0 Å². The molecule has 0 aliphatic rings. The second-order valence-electron chi connectivity index (χ2n) is 4.19. The quantitative estimate of drug-likeness (QED) is 0.825. The summed E-state index contributed by atoms with van der Waals surface area (Å²) >= 11 is 2.25. The molecule has 0 amide bonds. The van der Waals surface area contributed by atoms with Gasteiger partial charge in [-0.3, -0.25) is 0 Å². The molecule has 19 heavy (non-hydrogen) atoms. The van der Waals surface area contributed by atoms with E-state index < -0.39 is 0 Å². The maximum absolute atomic E-state index is 6.02. The van der Waals surface area contributed by atoms with Crippen LogP contribution >= 0.6 is 22.6 Å². The van der Waals surface area contributed by atoms with Crippen LogP contribution in [-0.2, 0) is 0 Å². The van der Waals surface area contributed by atoms with E-state index in [-0.39, 0.29) is 6.04 Å². The summed E-state index contributed by atoms with van der Waals surface area (Å²) in [6.45, 7) is 1.92. The Bertz CT molecular complexity index is 570. The molecule has 4 heteroatoms. The van der Waals surface area contributed by atoms with E-state index in [0.717, 1.165) is 26.4 Å². The Labute approximate surface area is 126 Å². The molecule has 0 aromatic heterocycles. The summed E-state index contributed by atoms with van der Waals surface area (Å²) in [5.41, 5.74) is 6.90. The highest BCUT2D eigenvalue weighted by Crippen LogP contribution is 2.36. The van der Waals surface area contributed by atoms with Gasteiger partial charge in [0.15, 0.2) is 0 Å². The number of benzene rings is 2. The van der Waals surface area contributed by atoms with E-state index in [0.29, 0.717) is 0 Å². The molecule has 2 N–H and O–H groups in total. The molecule has 0 bridgehead atoms. The van der Waals surface area contributed by atoms with Crippen molar-refractivity contribution in [2.24, 2.45) is 5.73 Å². The molecule has 0 spiro atoms. The Balaban J connectivity index is 2.43. The van der Waals surface area contributed by atoms with Crippen molar-refractivity contribution in [1.29, 1.82) is 0 Å². The molecule has 0 radical (unpaired) electrons. The van der Waals surface area contributed by atoms with E-state index in [1.165, 1.54) is 0 Å². The van der Waals surface area contributed by atoms with E-state index in [9.17, 15) is 0 Å². The first kappa shape index (κ1) is 14.1. The number of hydrogen-bond acceptors (Lipinski definition) is 3. The standard InChI is InChI=1S/C15H16INO2/c1-10(17)15-13(18-2)8-5-9-14(15)19-12-7-4-3-6-11(12)16/h3-10H,17H2,1-2H3/t10-/m1/s1. The number of methoxy groups -OCH3 is 1. The van der Waals surface area contributed by atoms with Crippen LogP contribution < -0.4 is 15.2 Å². The largest absolute Gasteiger partial charge is 0.496 e. The Morgan fingerprint density at radius 2 is 1.63 bits per heavy atom. The average Bonchev–Trinajstić information content (AvgIpc) is 2.40. The van der Waals surface area contributed by atoms with Gasteiger partial charge in [0.1, 0.15) is 17.2 Å². The number of rotatable bonds is 4. The molecule has 2 aromatic carbocycles. The van der Waals surface area contributed by atoms with Crippen LogP contribution in [0.5, 0.6) is 17.2 Å². The van der Waals surface area contributed by atoms with Crippen molar-refractivity contribution in [3.05, 3.63) is 51.6 Å². The first-order valence-electron chi connectivity index (χ1n) is 5.98. The smallest absolute Gasteiger partial charge is 0.140 e. The second kappa shape index (κ2) is 6.25. The monoisotopic (exact) mass is 369 g/mol. The van der Waals surface area contributed by atoms with Gasteiger partial charge < -0.3 is 15.2 Å². The fourth-order valence-corrected chi connectivity index (χ4v) is 2.38. The third-order valence-electron chi connectivity index (χ3n) is 2.76. The van der Waals surface area contributed by atoms with Gasteiger partial charge in [-0.15, -0.1) is 0 Å². The summed E-state index contributed by atoms with van der Waals surface area (Å²) < 4.78 is 12.4. The zero-order valence-corrected chi connectivity index (χ0v) is 13.0. The van der Waals surface area contributed by atoms with Gasteiger partial charge >= 0.3 is 0 Å². The molecular weight excluding hydrogens is 353 g/mol. The van der Waals surface area contributed by atoms with Crippen molar-refractivity contribution in [2.45, 2.75) is 13.0 Å². The lowest BCUT2D eigenvalue weighted by atomic mass is 10.1. The maximum atomic E-state index is 6.02. The number of para-hydroxylation sites is 1. The number of hydrogen-bond donors (Lipinski definition) is 1. The van der Waals surface area contributed by atoms with Crippen LogP contribution in [-0.4, -0.2) is 7.11 Å². The average molecular weight is 369 g/mol. The zero-order chi connectivity index (χ0) is 13.8. The van der Waals surface area contributed by atoms with Crippen LogP contribution in [0.25, 0.3) is 0 Å². The predicted octanol–water partition coefficient (Wildman–Crippen LogP) is 4.11. The lowest BCUT2D eigenvalue weighted by Crippen LogP contribution is -2.08. The molecule has 0 saturated heterocycles. The lowest BCUT2D eigenvalue weighted by Gasteiger charge is -2.17. The Hall–Kier alpha value is -1.27. The third-order valence-corrected chi connectivity index (χ3v) is 3.65. The summed E-state index contributed by atoms with van der Waals surface area (Å²) in [4.78, 5) is 0. The van der Waals surface area contributed by atoms with Crippen LogP contribution in [0.4, 0.5) is 0 Å². The number of ether oxygens (including phenoxy) is 2. The van der Waals surface area contributed by atoms with E-state index in [1.54, 1.807) is 7.11 Å². The Kier molecular flexibility index (Phi) is 4.66. The summed E-state index contributed by atoms with van der Waals surface area (Å²) in [6.07, 6.45) is 0. The fraction of sp³-hybridized carbons (Fsp3) is 0.200. The summed E-state index contributed by atoms with van der Waals surface area (Å²) in [5.74, 6) is 2.30. The molecule has 3 nitrogen and oxygen atoms in total. The van der Waals surface area contributed by atoms with Crippen molar-refractivity contribution in [1.82, 2.24) is 0 Å². The lowest BCUT2D eigenvalue weighted by molar-refractivity contribution is 0.397. The van der Waals surface area contributed by atoms with Gasteiger partial charge in [0.25, 0.3) is 0 Å². The SMILES string of the molecule is COc1cccc(Oc2ccccc2I)c1[C@@H](C)N. The predicted molar refractivity (Wildman–Crippen MR) is 84.8 cm³/mol. The molecule has 2 aromatic rings. The van der Waals surface area contributed by atoms with Gasteiger partial charge in [0.05, 0.1) is 16.2 Å². The molecule has 0 heterocycles. The molecule has 0 fully saturated rings. The van der Waals surface area contributed by atoms with E-state index >= 15 is 0 Å². The van der Waals surface area contributed by atoms with Crippen LogP contribution in [0.3, 0.4) is 0 Å². The zero-order valence-electron chi connectivity index (χ0n) is 10.9. The van der Waals surface area contributed by atoms with Crippen LogP contribution in [0.1, 0.15) is 18.5 Å². The van der Waals surface area contributed by atoms with E-state index in [1.807, 2.05) is 49.4 Å². The first-order valence-corrected chi connectivity index (χ1v) is 7.06. The number of nitrogens with two attached hydrogens (primary N) is 1. The minimum atomic E-state index is -0.160. The van der Waals surface area contributed by atoms with Gasteiger partial charge in [0, 0.05) is 6.04 Å². The van der Waals surface area contributed by atoms with Crippen LogP contribution in [0.15, 0.2) is 42.5 Å². The molecular formula is C15H16INO2. The highest BCUT2D eigenvalue weighted by molar-refractivity contribution is 14.1. The maximum Gasteiger partial charge on any atom is 0.140 e. The molecule has 0 unspecified atom stereocenters. The van der Waals surface area contributed by atoms with Crippen molar-refractivity contribution in [3.8, 4) is 17.2 Å². The van der Waals surface area contributed by atoms with Crippen LogP contribution in [0, 0.1) is 3.57 Å². The van der Waals surface area contributed by atoms with Crippen molar-refractivity contribution >= 4 is 22.6 Å². The third kappa shape index (κ3) is 3.19. The summed E-state index contributed by atoms with van der Waals surface area (Å²) in [7, 11) is 1.64. The van der Waals surface area contributed by atoms with Gasteiger partial charge in [-0.1, -0.05) is 18.2 Å². The summed E-state index contributed by atoms with van der Waals surface area (Å²) in [6, 6.07) is 13.4. The van der Waals surface area contributed by atoms with Gasteiger partial charge in [-0.05, 0) is 53.8 Å². The fourth-order valence-electron chi connectivity index (χ4n) is 1.89. The normalized spacial score (nSPS) is 12.0. The van der Waals surface area contributed by atoms with E-state index in [4.69, 9.17) is 15.2 Å². The molecule has 0 saturated carbocycles. The minimum Gasteiger partial charge on any atom is -0.496 e. The molecule has 0 aliphatic carbocycles. The highest BCUT2D eigenvalue weighted by Gasteiger charge is 2.15. The van der Waals surface area contributed by atoms with Gasteiger partial charge in [-0.25, -0.2) is 0 Å². The minimum absolute atomic E-state index is 0.160. The molecule has 0 aliphatic heterocycles. The van der Waals surface area contributed by atoms with Crippen LogP contribution in [0.2, 0.25) is 0 Å².